The second-order valence-corrected chi connectivity index (χ2v) is 6.46. The minimum absolute atomic E-state index is 0.111. The summed E-state index contributed by atoms with van der Waals surface area (Å²) in [7, 11) is 0. The van der Waals surface area contributed by atoms with E-state index in [1.807, 2.05) is 55.5 Å². The standard InChI is InChI=1S/C22H22N4O2/c1-15(17-7-4-3-5-8-17)24-22(28)18-11-21(14-23-13-18)26-20-10-6-9-19(12-20)25-16(2)27/h3-15,26H,1-2H3,(H,24,28)(H,25,27). The number of anilines is 3. The number of rotatable bonds is 6. The van der Waals surface area contributed by atoms with Crippen LogP contribution in [0.4, 0.5) is 17.1 Å². The molecule has 6 heteroatoms. The van der Waals surface area contributed by atoms with Gasteiger partial charge in [0.15, 0.2) is 0 Å². The van der Waals surface area contributed by atoms with Crippen molar-refractivity contribution in [2.75, 3.05) is 10.6 Å². The minimum atomic E-state index is -0.195. The summed E-state index contributed by atoms with van der Waals surface area (Å²) in [5.41, 5.74) is 3.65. The quantitative estimate of drug-likeness (QED) is 0.601. The van der Waals surface area contributed by atoms with E-state index in [-0.39, 0.29) is 17.9 Å². The fraction of sp³-hybridized carbons (Fsp3) is 0.136. The Hall–Kier alpha value is -3.67. The number of pyridine rings is 1. The summed E-state index contributed by atoms with van der Waals surface area (Å²) in [4.78, 5) is 27.9. The van der Waals surface area contributed by atoms with E-state index in [0.717, 1.165) is 11.3 Å². The fourth-order valence-electron chi connectivity index (χ4n) is 2.78. The minimum Gasteiger partial charge on any atom is -0.354 e. The number of carbonyl (C=O) groups excluding carboxylic acids is 2. The summed E-state index contributed by atoms with van der Waals surface area (Å²) in [5.74, 6) is -0.329. The van der Waals surface area contributed by atoms with Gasteiger partial charge in [0.05, 0.1) is 23.5 Å². The second kappa shape index (κ2) is 8.81. The van der Waals surface area contributed by atoms with E-state index in [2.05, 4.69) is 20.9 Å². The lowest BCUT2D eigenvalue weighted by Gasteiger charge is -2.15. The molecule has 142 valence electrons. The van der Waals surface area contributed by atoms with Gasteiger partial charge < -0.3 is 16.0 Å². The number of carbonyl (C=O) groups is 2. The van der Waals surface area contributed by atoms with Crippen LogP contribution in [0.25, 0.3) is 0 Å². The van der Waals surface area contributed by atoms with Crippen LogP contribution < -0.4 is 16.0 Å². The van der Waals surface area contributed by atoms with E-state index in [9.17, 15) is 9.59 Å². The molecule has 1 heterocycles. The predicted molar refractivity (Wildman–Crippen MR) is 111 cm³/mol. The van der Waals surface area contributed by atoms with Crippen molar-refractivity contribution in [1.82, 2.24) is 10.3 Å². The molecule has 1 atom stereocenters. The van der Waals surface area contributed by atoms with Crippen molar-refractivity contribution in [3.8, 4) is 0 Å². The molecular weight excluding hydrogens is 352 g/mol. The molecule has 0 aliphatic rings. The normalized spacial score (nSPS) is 11.4. The number of hydrogen-bond acceptors (Lipinski definition) is 4. The first-order chi connectivity index (χ1) is 13.5. The highest BCUT2D eigenvalue weighted by molar-refractivity contribution is 5.95. The molecule has 3 aromatic rings. The molecule has 0 saturated heterocycles. The lowest BCUT2D eigenvalue weighted by molar-refractivity contribution is -0.114. The van der Waals surface area contributed by atoms with Gasteiger partial charge in [0.2, 0.25) is 5.91 Å². The summed E-state index contributed by atoms with van der Waals surface area (Å²) < 4.78 is 0. The van der Waals surface area contributed by atoms with Crippen molar-refractivity contribution < 1.29 is 9.59 Å². The maximum atomic E-state index is 12.6. The van der Waals surface area contributed by atoms with E-state index in [4.69, 9.17) is 0 Å². The highest BCUT2D eigenvalue weighted by atomic mass is 16.2. The van der Waals surface area contributed by atoms with Crippen LogP contribution in [-0.4, -0.2) is 16.8 Å². The van der Waals surface area contributed by atoms with Gasteiger partial charge in [0.1, 0.15) is 0 Å². The van der Waals surface area contributed by atoms with Gasteiger partial charge in [0, 0.05) is 24.5 Å². The van der Waals surface area contributed by atoms with Gasteiger partial charge in [0.25, 0.3) is 5.91 Å². The number of aromatic nitrogens is 1. The second-order valence-electron chi connectivity index (χ2n) is 6.46. The Labute approximate surface area is 164 Å². The van der Waals surface area contributed by atoms with Crippen LogP contribution in [0.5, 0.6) is 0 Å². The summed E-state index contributed by atoms with van der Waals surface area (Å²) >= 11 is 0. The Morgan fingerprint density at radius 3 is 2.39 bits per heavy atom. The zero-order valence-corrected chi connectivity index (χ0v) is 15.8. The van der Waals surface area contributed by atoms with Crippen molar-refractivity contribution in [3.05, 3.63) is 84.2 Å². The molecule has 2 amide bonds. The zero-order valence-electron chi connectivity index (χ0n) is 15.8. The van der Waals surface area contributed by atoms with Crippen LogP contribution in [0.3, 0.4) is 0 Å². The third kappa shape index (κ3) is 5.17. The Kier molecular flexibility index (Phi) is 6.01. The molecule has 3 rings (SSSR count). The molecule has 1 aromatic heterocycles. The largest absolute Gasteiger partial charge is 0.354 e. The third-order valence-corrected chi connectivity index (χ3v) is 4.12. The average molecular weight is 374 g/mol. The lowest BCUT2D eigenvalue weighted by atomic mass is 10.1. The van der Waals surface area contributed by atoms with E-state index < -0.39 is 0 Å². The van der Waals surface area contributed by atoms with Gasteiger partial charge in [-0.1, -0.05) is 36.4 Å². The van der Waals surface area contributed by atoms with E-state index in [0.29, 0.717) is 16.9 Å². The first-order valence-electron chi connectivity index (χ1n) is 8.97. The van der Waals surface area contributed by atoms with E-state index in [1.54, 1.807) is 18.3 Å². The molecule has 0 fully saturated rings. The maximum absolute atomic E-state index is 12.6. The third-order valence-electron chi connectivity index (χ3n) is 4.12. The molecule has 0 saturated carbocycles. The van der Waals surface area contributed by atoms with Gasteiger partial charge in [-0.25, -0.2) is 0 Å². The van der Waals surface area contributed by atoms with Crippen molar-refractivity contribution >= 4 is 28.9 Å². The summed E-state index contributed by atoms with van der Waals surface area (Å²) in [6, 6.07) is 18.7. The molecule has 0 bridgehead atoms. The fourth-order valence-corrected chi connectivity index (χ4v) is 2.78. The molecule has 2 aromatic carbocycles. The zero-order chi connectivity index (χ0) is 19.9. The van der Waals surface area contributed by atoms with Crippen LogP contribution in [0.2, 0.25) is 0 Å². The Balaban J connectivity index is 1.70. The maximum Gasteiger partial charge on any atom is 0.253 e. The average Bonchev–Trinajstić information content (AvgIpc) is 2.68. The molecule has 0 spiro atoms. The van der Waals surface area contributed by atoms with Gasteiger partial charge >= 0.3 is 0 Å². The van der Waals surface area contributed by atoms with Crippen LogP contribution in [0.1, 0.15) is 35.8 Å². The number of nitrogens with zero attached hydrogens (tertiary/aromatic N) is 1. The topological polar surface area (TPSA) is 83.1 Å². The molecule has 28 heavy (non-hydrogen) atoms. The van der Waals surface area contributed by atoms with Crippen LogP contribution in [0, 0.1) is 0 Å². The van der Waals surface area contributed by atoms with E-state index in [1.165, 1.54) is 13.1 Å². The van der Waals surface area contributed by atoms with Crippen molar-refractivity contribution in [3.63, 3.8) is 0 Å². The molecule has 6 nitrogen and oxygen atoms in total. The van der Waals surface area contributed by atoms with Crippen molar-refractivity contribution in [2.24, 2.45) is 0 Å². The summed E-state index contributed by atoms with van der Waals surface area (Å²) in [6.45, 7) is 3.40. The highest BCUT2D eigenvalue weighted by Gasteiger charge is 2.12. The van der Waals surface area contributed by atoms with Crippen LogP contribution >= 0.6 is 0 Å². The molecule has 0 aliphatic carbocycles. The van der Waals surface area contributed by atoms with Gasteiger partial charge in [-0.3, -0.25) is 14.6 Å². The van der Waals surface area contributed by atoms with Crippen molar-refractivity contribution in [2.45, 2.75) is 19.9 Å². The first kappa shape index (κ1) is 19.1. The smallest absolute Gasteiger partial charge is 0.253 e. The SMILES string of the molecule is CC(=O)Nc1cccc(Nc2cncc(C(=O)NC(C)c3ccccc3)c2)c1. The van der Waals surface area contributed by atoms with Crippen molar-refractivity contribution in [1.29, 1.82) is 0 Å². The number of nitrogens with one attached hydrogen (secondary N) is 3. The van der Waals surface area contributed by atoms with Gasteiger partial charge in [-0.15, -0.1) is 0 Å². The van der Waals surface area contributed by atoms with Crippen LogP contribution in [-0.2, 0) is 4.79 Å². The van der Waals surface area contributed by atoms with Gasteiger partial charge in [-0.05, 0) is 36.8 Å². The Morgan fingerprint density at radius 1 is 0.893 bits per heavy atom. The first-order valence-corrected chi connectivity index (χ1v) is 8.97. The van der Waals surface area contributed by atoms with E-state index >= 15 is 0 Å². The van der Waals surface area contributed by atoms with Crippen LogP contribution in [0.15, 0.2) is 73.1 Å². The molecule has 1 unspecified atom stereocenters. The Bertz CT molecular complexity index is 973. The molecular formula is C22H22N4O2. The van der Waals surface area contributed by atoms with Gasteiger partial charge in [-0.2, -0.15) is 0 Å². The number of benzene rings is 2. The number of amides is 2. The molecule has 3 N–H and O–H groups in total. The predicted octanol–water partition coefficient (Wildman–Crippen LogP) is 4.27. The lowest BCUT2D eigenvalue weighted by Crippen LogP contribution is -2.26. The monoisotopic (exact) mass is 374 g/mol. The number of hydrogen-bond donors (Lipinski definition) is 3. The molecule has 0 aliphatic heterocycles. The Morgan fingerprint density at radius 2 is 1.64 bits per heavy atom. The highest BCUT2D eigenvalue weighted by Crippen LogP contribution is 2.21. The summed E-state index contributed by atoms with van der Waals surface area (Å²) in [5, 5.41) is 8.92. The molecule has 0 radical (unpaired) electrons. The summed E-state index contributed by atoms with van der Waals surface area (Å²) in [6.07, 6.45) is 3.18.